The lowest BCUT2D eigenvalue weighted by Crippen LogP contribution is -2.49. The second-order valence-corrected chi connectivity index (χ2v) is 4.83. The van der Waals surface area contributed by atoms with Crippen molar-refractivity contribution in [2.45, 2.75) is 25.8 Å². The Kier molecular flexibility index (Phi) is 6.01. The minimum atomic E-state index is 0.229. The average molecular weight is 246 g/mol. The van der Waals surface area contributed by atoms with Crippen LogP contribution in [0, 0.1) is 5.92 Å². The lowest BCUT2D eigenvalue weighted by Gasteiger charge is -2.34. The smallest absolute Gasteiger partial charge is 0.169 e. The molecule has 0 aromatic rings. The maximum absolute atomic E-state index is 9.15. The normalized spacial score (nSPS) is 22.9. The molecule has 5 heteroatoms. The molecule has 0 aromatic heterocycles. The number of hydrogen-bond donors (Lipinski definition) is 2. The molecule has 0 aliphatic carbocycles. The highest BCUT2D eigenvalue weighted by molar-refractivity contribution is 7.80. The highest BCUT2D eigenvalue weighted by Crippen LogP contribution is 2.15. The molecule has 1 fully saturated rings. The van der Waals surface area contributed by atoms with Crippen LogP contribution in [-0.4, -0.2) is 54.6 Å². The number of piperidine rings is 1. The fourth-order valence-corrected chi connectivity index (χ4v) is 2.36. The zero-order valence-electron chi connectivity index (χ0n) is 10.1. The van der Waals surface area contributed by atoms with Crippen LogP contribution < -0.4 is 5.32 Å². The number of hydrogen-bond acceptors (Lipinski definition) is 3. The number of nitrogens with one attached hydrogen (secondary N) is 1. The summed E-state index contributed by atoms with van der Waals surface area (Å²) in [6, 6.07) is 0.229. The molecule has 2 unspecified atom stereocenters. The number of thiocarbonyl (C=S) groups is 1. The molecule has 1 aliphatic rings. The molecular weight excluding hydrogens is 224 g/mol. The summed E-state index contributed by atoms with van der Waals surface area (Å²) < 4.78 is 5.05. The van der Waals surface area contributed by atoms with Gasteiger partial charge in [0.15, 0.2) is 5.11 Å². The molecule has 0 amide bonds. The Bertz CT molecular complexity index is 226. The molecule has 0 aromatic carbocycles. The zero-order chi connectivity index (χ0) is 12.0. The molecule has 1 saturated heterocycles. The van der Waals surface area contributed by atoms with Crippen LogP contribution in [0.1, 0.15) is 19.8 Å². The Morgan fingerprint density at radius 2 is 2.44 bits per heavy atom. The van der Waals surface area contributed by atoms with E-state index in [9.17, 15) is 0 Å². The summed E-state index contributed by atoms with van der Waals surface area (Å²) in [5, 5.41) is 13.2. The highest BCUT2D eigenvalue weighted by atomic mass is 32.1. The molecule has 2 N–H and O–H groups in total. The van der Waals surface area contributed by atoms with Crippen LogP contribution in [0.5, 0.6) is 0 Å². The third-order valence-corrected chi connectivity index (χ3v) is 3.23. The van der Waals surface area contributed by atoms with E-state index in [-0.39, 0.29) is 12.6 Å². The monoisotopic (exact) mass is 246 g/mol. The van der Waals surface area contributed by atoms with Gasteiger partial charge in [-0.2, -0.15) is 0 Å². The maximum atomic E-state index is 9.15. The molecule has 0 saturated carbocycles. The molecule has 0 bridgehead atoms. The summed E-state index contributed by atoms with van der Waals surface area (Å²) in [6.07, 6.45) is 2.20. The Hall–Kier alpha value is -0.390. The van der Waals surface area contributed by atoms with Crippen molar-refractivity contribution in [3.63, 3.8) is 0 Å². The van der Waals surface area contributed by atoms with Gasteiger partial charge in [0.1, 0.15) is 0 Å². The molecule has 0 radical (unpaired) electrons. The van der Waals surface area contributed by atoms with Crippen molar-refractivity contribution in [3.05, 3.63) is 0 Å². The molecule has 1 aliphatic heterocycles. The van der Waals surface area contributed by atoms with Crippen LogP contribution in [0.2, 0.25) is 0 Å². The molecule has 2 atom stereocenters. The topological polar surface area (TPSA) is 44.7 Å². The van der Waals surface area contributed by atoms with Gasteiger partial charge in [0, 0.05) is 32.8 Å². The molecule has 4 nitrogen and oxygen atoms in total. The van der Waals surface area contributed by atoms with Crippen molar-refractivity contribution < 1.29 is 9.84 Å². The minimum Gasteiger partial charge on any atom is -0.396 e. The number of likely N-dealkylation sites (tertiary alicyclic amines) is 1. The van der Waals surface area contributed by atoms with Crippen molar-refractivity contribution in [1.29, 1.82) is 0 Å². The lowest BCUT2D eigenvalue weighted by molar-refractivity contribution is 0.155. The van der Waals surface area contributed by atoms with E-state index in [0.29, 0.717) is 12.5 Å². The van der Waals surface area contributed by atoms with Crippen molar-refractivity contribution >= 4 is 17.3 Å². The van der Waals surface area contributed by atoms with E-state index < -0.39 is 0 Å². The van der Waals surface area contributed by atoms with Gasteiger partial charge in [-0.3, -0.25) is 0 Å². The third-order valence-electron chi connectivity index (χ3n) is 2.85. The summed E-state index contributed by atoms with van der Waals surface area (Å²) in [7, 11) is 1.68. The fraction of sp³-hybridized carbons (Fsp3) is 0.909. The lowest BCUT2D eigenvalue weighted by atomic mass is 9.99. The van der Waals surface area contributed by atoms with Gasteiger partial charge in [-0.15, -0.1) is 0 Å². The number of methoxy groups -OCH3 is 1. The van der Waals surface area contributed by atoms with E-state index in [4.69, 9.17) is 22.1 Å². The first kappa shape index (κ1) is 13.7. The fourth-order valence-electron chi connectivity index (χ4n) is 1.99. The summed E-state index contributed by atoms with van der Waals surface area (Å²) in [6.45, 7) is 4.80. The summed E-state index contributed by atoms with van der Waals surface area (Å²) in [4.78, 5) is 2.14. The third kappa shape index (κ3) is 4.23. The van der Waals surface area contributed by atoms with Gasteiger partial charge >= 0.3 is 0 Å². The Morgan fingerprint density at radius 1 is 1.69 bits per heavy atom. The number of aliphatic hydroxyl groups is 1. The van der Waals surface area contributed by atoms with E-state index >= 15 is 0 Å². The van der Waals surface area contributed by atoms with Gasteiger partial charge < -0.3 is 20.1 Å². The largest absolute Gasteiger partial charge is 0.396 e. The summed E-state index contributed by atoms with van der Waals surface area (Å²) in [5.41, 5.74) is 0. The van der Waals surface area contributed by atoms with Crippen molar-refractivity contribution in [1.82, 2.24) is 10.2 Å². The van der Waals surface area contributed by atoms with E-state index in [0.717, 1.165) is 31.0 Å². The highest BCUT2D eigenvalue weighted by Gasteiger charge is 2.21. The van der Waals surface area contributed by atoms with Crippen LogP contribution in [0.3, 0.4) is 0 Å². The van der Waals surface area contributed by atoms with Gasteiger partial charge in [0.2, 0.25) is 0 Å². The Labute approximate surface area is 103 Å². The predicted octanol–water partition coefficient (Wildman–Crippen LogP) is 0.600. The Balaban J connectivity index is 2.35. The molecule has 16 heavy (non-hydrogen) atoms. The summed E-state index contributed by atoms with van der Waals surface area (Å²) >= 11 is 5.34. The van der Waals surface area contributed by atoms with Gasteiger partial charge in [0.25, 0.3) is 0 Å². The minimum absolute atomic E-state index is 0.229. The van der Waals surface area contributed by atoms with Gasteiger partial charge in [-0.25, -0.2) is 0 Å². The van der Waals surface area contributed by atoms with Gasteiger partial charge in [-0.1, -0.05) is 0 Å². The zero-order valence-corrected chi connectivity index (χ0v) is 10.9. The molecule has 94 valence electrons. The van der Waals surface area contributed by atoms with E-state index in [1.165, 1.54) is 0 Å². The van der Waals surface area contributed by atoms with E-state index in [1.54, 1.807) is 7.11 Å². The van der Waals surface area contributed by atoms with Crippen molar-refractivity contribution in [2.24, 2.45) is 5.92 Å². The summed E-state index contributed by atoms with van der Waals surface area (Å²) in [5.74, 6) is 0.367. The first-order valence-corrected chi connectivity index (χ1v) is 6.23. The quantitative estimate of drug-likeness (QED) is 0.711. The number of ether oxygens (including phenoxy) is 1. The molecule has 1 rings (SSSR count). The Morgan fingerprint density at radius 3 is 3.06 bits per heavy atom. The number of aliphatic hydroxyl groups excluding tert-OH is 1. The average Bonchev–Trinajstić information content (AvgIpc) is 2.29. The molecule has 0 spiro atoms. The second-order valence-electron chi connectivity index (χ2n) is 4.44. The molecule has 1 heterocycles. The first-order valence-electron chi connectivity index (χ1n) is 5.82. The predicted molar refractivity (Wildman–Crippen MR) is 68.5 cm³/mol. The van der Waals surface area contributed by atoms with Crippen LogP contribution >= 0.6 is 12.2 Å². The second kappa shape index (κ2) is 7.04. The van der Waals surface area contributed by atoms with Crippen LogP contribution in [0.25, 0.3) is 0 Å². The van der Waals surface area contributed by atoms with Crippen LogP contribution in [0.4, 0.5) is 0 Å². The molecular formula is C11H22N2O2S. The van der Waals surface area contributed by atoms with E-state index in [1.807, 2.05) is 6.92 Å². The van der Waals surface area contributed by atoms with Crippen molar-refractivity contribution in [2.75, 3.05) is 33.4 Å². The first-order chi connectivity index (χ1) is 7.67. The SMILES string of the molecule is COCC(C)NC(=S)N1CCCC(CO)C1. The standard InChI is InChI=1S/C11H22N2O2S/c1-9(8-15-2)12-11(16)13-5-3-4-10(6-13)7-14/h9-10,14H,3-8H2,1-2H3,(H,12,16). The van der Waals surface area contributed by atoms with E-state index in [2.05, 4.69) is 10.2 Å². The van der Waals surface area contributed by atoms with Gasteiger partial charge in [-0.05, 0) is 37.9 Å². The van der Waals surface area contributed by atoms with Crippen LogP contribution in [0.15, 0.2) is 0 Å². The van der Waals surface area contributed by atoms with Crippen molar-refractivity contribution in [3.8, 4) is 0 Å². The van der Waals surface area contributed by atoms with Gasteiger partial charge in [0.05, 0.1) is 6.61 Å². The number of rotatable bonds is 4. The number of nitrogens with zero attached hydrogens (tertiary/aromatic N) is 1. The maximum Gasteiger partial charge on any atom is 0.169 e. The van der Waals surface area contributed by atoms with Crippen LogP contribution in [-0.2, 0) is 4.74 Å².